The molecule has 1 aromatic rings. The summed E-state index contributed by atoms with van der Waals surface area (Å²) in [6.07, 6.45) is 1.29. The predicted octanol–water partition coefficient (Wildman–Crippen LogP) is 1.22. The lowest BCUT2D eigenvalue weighted by Crippen LogP contribution is -2.44. The topological polar surface area (TPSA) is 95.1 Å². The standard InChI is InChI=1S/C12H23N3O3S/c1-8(2)11-13-6-10(15-11)19(17,18)14-7-12(5,16)9(3)4/h6,8-9,14,16H,7H2,1-5H3,(H,13,15). The number of aliphatic hydroxyl groups is 1. The molecule has 0 aliphatic heterocycles. The van der Waals surface area contributed by atoms with Gasteiger partial charge < -0.3 is 10.1 Å². The molecular weight excluding hydrogens is 266 g/mol. The Balaban J connectivity index is 2.81. The minimum atomic E-state index is -3.67. The molecule has 1 heterocycles. The summed E-state index contributed by atoms with van der Waals surface area (Å²) in [4.78, 5) is 6.80. The van der Waals surface area contributed by atoms with Crippen LogP contribution in [0.1, 0.15) is 46.4 Å². The number of rotatable bonds is 6. The highest BCUT2D eigenvalue weighted by Crippen LogP contribution is 2.17. The summed E-state index contributed by atoms with van der Waals surface area (Å²) in [6.45, 7) is 9.08. The zero-order valence-electron chi connectivity index (χ0n) is 12.1. The lowest BCUT2D eigenvalue weighted by Gasteiger charge is -2.27. The summed E-state index contributed by atoms with van der Waals surface area (Å²) in [7, 11) is -3.67. The average molecular weight is 289 g/mol. The van der Waals surface area contributed by atoms with Crippen LogP contribution in [0.2, 0.25) is 0 Å². The van der Waals surface area contributed by atoms with Crippen LogP contribution in [0.5, 0.6) is 0 Å². The normalized spacial score (nSPS) is 16.0. The van der Waals surface area contributed by atoms with E-state index in [1.807, 2.05) is 27.7 Å². The molecule has 0 spiro atoms. The second-order valence-corrected chi connectivity index (χ2v) is 7.36. The van der Waals surface area contributed by atoms with E-state index < -0.39 is 15.6 Å². The number of hydrogen-bond acceptors (Lipinski definition) is 4. The van der Waals surface area contributed by atoms with Crippen molar-refractivity contribution in [1.82, 2.24) is 14.7 Å². The van der Waals surface area contributed by atoms with E-state index in [1.54, 1.807) is 6.92 Å². The van der Waals surface area contributed by atoms with Crippen LogP contribution in [0.15, 0.2) is 11.2 Å². The van der Waals surface area contributed by atoms with Crippen molar-refractivity contribution >= 4 is 10.0 Å². The molecule has 0 bridgehead atoms. The van der Waals surface area contributed by atoms with Crippen molar-refractivity contribution in [3.63, 3.8) is 0 Å². The van der Waals surface area contributed by atoms with Gasteiger partial charge in [0.2, 0.25) is 0 Å². The minimum absolute atomic E-state index is 0.0238. The van der Waals surface area contributed by atoms with Crippen LogP contribution < -0.4 is 4.72 Å². The second-order valence-electron chi connectivity index (χ2n) is 5.62. The third-order valence-corrected chi connectivity index (χ3v) is 4.58. The minimum Gasteiger partial charge on any atom is -0.389 e. The number of sulfonamides is 1. The number of H-pyrrole nitrogens is 1. The number of hydrogen-bond donors (Lipinski definition) is 3. The molecule has 1 unspecified atom stereocenters. The van der Waals surface area contributed by atoms with Crippen LogP contribution >= 0.6 is 0 Å². The van der Waals surface area contributed by atoms with E-state index in [2.05, 4.69) is 14.7 Å². The first-order valence-corrected chi connectivity index (χ1v) is 7.81. The smallest absolute Gasteiger partial charge is 0.257 e. The molecule has 7 heteroatoms. The summed E-state index contributed by atoms with van der Waals surface area (Å²) >= 11 is 0. The highest BCUT2D eigenvalue weighted by molar-refractivity contribution is 7.89. The van der Waals surface area contributed by atoms with Gasteiger partial charge in [-0.25, -0.2) is 18.1 Å². The SMILES string of the molecule is CC(C)c1ncc(S(=O)(=O)NCC(C)(O)C(C)C)[nH]1. The Morgan fingerprint density at radius 1 is 1.42 bits per heavy atom. The zero-order chi connectivity index (χ0) is 14.8. The number of aromatic amines is 1. The zero-order valence-corrected chi connectivity index (χ0v) is 12.9. The molecule has 0 saturated heterocycles. The summed E-state index contributed by atoms with van der Waals surface area (Å²) in [6, 6.07) is 0. The third kappa shape index (κ3) is 4.02. The van der Waals surface area contributed by atoms with Crippen molar-refractivity contribution in [3.05, 3.63) is 12.0 Å². The molecule has 0 saturated carbocycles. The van der Waals surface area contributed by atoms with Crippen LogP contribution in [0.25, 0.3) is 0 Å². The molecule has 19 heavy (non-hydrogen) atoms. The first-order valence-electron chi connectivity index (χ1n) is 6.33. The lowest BCUT2D eigenvalue weighted by atomic mass is 9.93. The van der Waals surface area contributed by atoms with E-state index in [-0.39, 0.29) is 23.4 Å². The molecule has 3 N–H and O–H groups in total. The van der Waals surface area contributed by atoms with Crippen LogP contribution in [0, 0.1) is 5.92 Å². The highest BCUT2D eigenvalue weighted by Gasteiger charge is 2.28. The highest BCUT2D eigenvalue weighted by atomic mass is 32.2. The van der Waals surface area contributed by atoms with Crippen molar-refractivity contribution in [3.8, 4) is 0 Å². The third-order valence-electron chi connectivity index (χ3n) is 3.27. The molecule has 0 amide bonds. The largest absolute Gasteiger partial charge is 0.389 e. The first kappa shape index (κ1) is 16.1. The van der Waals surface area contributed by atoms with Crippen molar-refractivity contribution in [2.24, 2.45) is 5.92 Å². The second kappa shape index (κ2) is 5.60. The molecule has 0 aliphatic rings. The predicted molar refractivity (Wildman–Crippen MR) is 73.3 cm³/mol. The summed E-state index contributed by atoms with van der Waals surface area (Å²) in [5, 5.41) is 10.1. The van der Waals surface area contributed by atoms with E-state index in [4.69, 9.17) is 0 Å². The van der Waals surface area contributed by atoms with Crippen molar-refractivity contribution in [2.45, 2.75) is 51.2 Å². The Kier molecular flexibility index (Phi) is 4.76. The Morgan fingerprint density at radius 2 is 2.00 bits per heavy atom. The summed E-state index contributed by atoms with van der Waals surface area (Å²) in [5.41, 5.74) is -1.09. The van der Waals surface area contributed by atoms with Gasteiger partial charge in [0.05, 0.1) is 11.8 Å². The molecule has 1 atom stereocenters. The average Bonchev–Trinajstić information content (AvgIpc) is 2.76. The van der Waals surface area contributed by atoms with E-state index in [9.17, 15) is 13.5 Å². The van der Waals surface area contributed by atoms with E-state index >= 15 is 0 Å². The Bertz CT molecular complexity index is 518. The van der Waals surface area contributed by atoms with Crippen molar-refractivity contribution in [2.75, 3.05) is 6.54 Å². The molecule has 0 fully saturated rings. The maximum atomic E-state index is 12.0. The maximum Gasteiger partial charge on any atom is 0.257 e. The molecular formula is C12H23N3O3S. The van der Waals surface area contributed by atoms with Gasteiger partial charge in [0.25, 0.3) is 10.0 Å². The number of imidazole rings is 1. The number of aromatic nitrogens is 2. The van der Waals surface area contributed by atoms with Gasteiger partial charge in [-0.3, -0.25) is 0 Å². The van der Waals surface area contributed by atoms with E-state index in [1.165, 1.54) is 6.20 Å². The van der Waals surface area contributed by atoms with Crippen LogP contribution in [-0.4, -0.2) is 35.6 Å². The van der Waals surface area contributed by atoms with Gasteiger partial charge in [0.15, 0.2) is 5.03 Å². The molecule has 0 aliphatic carbocycles. The maximum absolute atomic E-state index is 12.0. The Hall–Kier alpha value is -0.920. The quantitative estimate of drug-likeness (QED) is 0.733. The van der Waals surface area contributed by atoms with E-state index in [0.29, 0.717) is 5.82 Å². The monoisotopic (exact) mass is 289 g/mol. The van der Waals surface area contributed by atoms with Gasteiger partial charge in [-0.1, -0.05) is 27.7 Å². The van der Waals surface area contributed by atoms with Crippen LogP contribution in [-0.2, 0) is 10.0 Å². The lowest BCUT2D eigenvalue weighted by molar-refractivity contribution is 0.0190. The van der Waals surface area contributed by atoms with Gasteiger partial charge >= 0.3 is 0 Å². The fourth-order valence-electron chi connectivity index (χ4n) is 1.27. The fourth-order valence-corrected chi connectivity index (χ4v) is 2.34. The van der Waals surface area contributed by atoms with Gasteiger partial charge in [0, 0.05) is 12.5 Å². The Morgan fingerprint density at radius 3 is 2.42 bits per heavy atom. The van der Waals surface area contributed by atoms with Gasteiger partial charge in [0.1, 0.15) is 5.82 Å². The number of nitrogens with zero attached hydrogens (tertiary/aromatic N) is 1. The van der Waals surface area contributed by atoms with E-state index in [0.717, 1.165) is 0 Å². The molecule has 110 valence electrons. The van der Waals surface area contributed by atoms with Gasteiger partial charge in [-0.15, -0.1) is 0 Å². The number of nitrogens with one attached hydrogen (secondary N) is 2. The van der Waals surface area contributed by atoms with Gasteiger partial charge in [-0.05, 0) is 12.8 Å². The van der Waals surface area contributed by atoms with Crippen molar-refractivity contribution in [1.29, 1.82) is 0 Å². The molecule has 1 rings (SSSR count). The summed E-state index contributed by atoms with van der Waals surface area (Å²) in [5.74, 6) is 0.696. The summed E-state index contributed by atoms with van der Waals surface area (Å²) < 4.78 is 26.5. The van der Waals surface area contributed by atoms with Crippen LogP contribution in [0.4, 0.5) is 0 Å². The fraction of sp³-hybridized carbons (Fsp3) is 0.750. The molecule has 0 aromatic carbocycles. The Labute approximate surface area is 114 Å². The first-order chi connectivity index (χ1) is 8.56. The van der Waals surface area contributed by atoms with Crippen LogP contribution in [0.3, 0.4) is 0 Å². The molecule has 1 aromatic heterocycles. The van der Waals surface area contributed by atoms with Crippen molar-refractivity contribution < 1.29 is 13.5 Å². The van der Waals surface area contributed by atoms with Gasteiger partial charge in [-0.2, -0.15) is 0 Å². The molecule has 6 nitrogen and oxygen atoms in total. The molecule has 0 radical (unpaired) electrons.